The number of pyridine rings is 1. The highest BCUT2D eigenvalue weighted by molar-refractivity contribution is 5.79. The van der Waals surface area contributed by atoms with Crippen molar-refractivity contribution in [3.8, 4) is 5.88 Å². The standard InChI is InChI=1S/C16H28N4O2/c1-16(2,3)13(21-5)11-19-15(17-4)18-10-12-8-7-9-14(20-12)22-6/h7-9,13H,10-11H2,1-6H3,(H2,17,18,19). The van der Waals surface area contributed by atoms with Gasteiger partial charge in [-0.15, -0.1) is 0 Å². The number of hydrogen-bond acceptors (Lipinski definition) is 4. The molecule has 2 N–H and O–H groups in total. The summed E-state index contributed by atoms with van der Waals surface area (Å²) in [5.74, 6) is 1.32. The molecule has 1 rings (SSSR count). The highest BCUT2D eigenvalue weighted by Crippen LogP contribution is 2.20. The van der Waals surface area contributed by atoms with E-state index in [1.54, 1.807) is 21.3 Å². The Morgan fingerprint density at radius 3 is 2.55 bits per heavy atom. The number of guanidine groups is 1. The first-order valence-electron chi connectivity index (χ1n) is 7.38. The van der Waals surface area contributed by atoms with E-state index in [0.717, 1.165) is 11.7 Å². The maximum Gasteiger partial charge on any atom is 0.213 e. The zero-order valence-corrected chi connectivity index (χ0v) is 14.4. The van der Waals surface area contributed by atoms with Gasteiger partial charge < -0.3 is 20.1 Å². The Morgan fingerprint density at radius 1 is 1.27 bits per heavy atom. The second-order valence-corrected chi connectivity index (χ2v) is 6.07. The van der Waals surface area contributed by atoms with E-state index >= 15 is 0 Å². The van der Waals surface area contributed by atoms with E-state index in [2.05, 4.69) is 41.4 Å². The summed E-state index contributed by atoms with van der Waals surface area (Å²) in [5.41, 5.74) is 0.955. The molecule has 0 aliphatic rings. The first kappa shape index (κ1) is 18.2. The molecule has 22 heavy (non-hydrogen) atoms. The van der Waals surface area contributed by atoms with Gasteiger partial charge in [0.05, 0.1) is 25.5 Å². The Labute approximate surface area is 133 Å². The van der Waals surface area contributed by atoms with Crippen molar-refractivity contribution in [1.29, 1.82) is 0 Å². The summed E-state index contributed by atoms with van der Waals surface area (Å²) in [6.07, 6.45) is 0.0981. The molecule has 1 aromatic heterocycles. The van der Waals surface area contributed by atoms with Crippen molar-refractivity contribution >= 4 is 5.96 Å². The van der Waals surface area contributed by atoms with Gasteiger partial charge in [0.2, 0.25) is 5.88 Å². The van der Waals surface area contributed by atoms with Gasteiger partial charge in [0.25, 0.3) is 0 Å². The Hall–Kier alpha value is -1.82. The molecule has 6 heteroatoms. The van der Waals surface area contributed by atoms with E-state index in [9.17, 15) is 0 Å². The maximum atomic E-state index is 5.53. The molecule has 1 unspecified atom stereocenters. The average molecular weight is 308 g/mol. The van der Waals surface area contributed by atoms with Crippen molar-refractivity contribution in [2.24, 2.45) is 10.4 Å². The van der Waals surface area contributed by atoms with Crippen molar-refractivity contribution in [2.75, 3.05) is 27.8 Å². The van der Waals surface area contributed by atoms with Crippen molar-refractivity contribution < 1.29 is 9.47 Å². The van der Waals surface area contributed by atoms with E-state index in [1.807, 2.05) is 18.2 Å². The predicted octanol–water partition coefficient (Wildman–Crippen LogP) is 1.82. The molecule has 1 aromatic rings. The summed E-state index contributed by atoms with van der Waals surface area (Å²) >= 11 is 0. The molecule has 0 aliphatic heterocycles. The minimum Gasteiger partial charge on any atom is -0.481 e. The van der Waals surface area contributed by atoms with Crippen LogP contribution in [-0.4, -0.2) is 44.9 Å². The molecule has 0 radical (unpaired) electrons. The molecule has 0 amide bonds. The van der Waals surface area contributed by atoms with E-state index in [-0.39, 0.29) is 11.5 Å². The van der Waals surface area contributed by atoms with Crippen LogP contribution in [0.3, 0.4) is 0 Å². The molecule has 0 saturated carbocycles. The highest BCUT2D eigenvalue weighted by Gasteiger charge is 2.24. The van der Waals surface area contributed by atoms with Crippen molar-refractivity contribution in [2.45, 2.75) is 33.4 Å². The van der Waals surface area contributed by atoms with Crippen LogP contribution in [0.5, 0.6) is 5.88 Å². The molecule has 0 fully saturated rings. The molecule has 124 valence electrons. The highest BCUT2D eigenvalue weighted by atomic mass is 16.5. The van der Waals surface area contributed by atoms with Crippen molar-refractivity contribution in [1.82, 2.24) is 15.6 Å². The summed E-state index contributed by atoms with van der Waals surface area (Å²) in [7, 11) is 5.08. The van der Waals surface area contributed by atoms with Gasteiger partial charge >= 0.3 is 0 Å². The number of aliphatic imine (C=N–C) groups is 1. The zero-order valence-electron chi connectivity index (χ0n) is 14.4. The number of aromatic nitrogens is 1. The van der Waals surface area contributed by atoms with Crippen LogP contribution in [0.15, 0.2) is 23.2 Å². The van der Waals surface area contributed by atoms with E-state index in [0.29, 0.717) is 19.0 Å². The Bertz CT molecular complexity index is 483. The molecular formula is C16H28N4O2. The lowest BCUT2D eigenvalue weighted by Crippen LogP contribution is -2.45. The molecule has 0 aliphatic carbocycles. The number of nitrogens with one attached hydrogen (secondary N) is 2. The van der Waals surface area contributed by atoms with Gasteiger partial charge in [-0.3, -0.25) is 4.99 Å². The largest absolute Gasteiger partial charge is 0.481 e. The van der Waals surface area contributed by atoms with Crippen LogP contribution in [0, 0.1) is 5.41 Å². The first-order valence-corrected chi connectivity index (χ1v) is 7.38. The fourth-order valence-corrected chi connectivity index (χ4v) is 2.00. The van der Waals surface area contributed by atoms with Crippen LogP contribution in [0.2, 0.25) is 0 Å². The zero-order chi connectivity index (χ0) is 16.6. The molecule has 6 nitrogen and oxygen atoms in total. The lowest BCUT2D eigenvalue weighted by Gasteiger charge is -2.30. The molecule has 0 saturated heterocycles. The third-order valence-corrected chi connectivity index (χ3v) is 3.36. The molecule has 1 heterocycles. The predicted molar refractivity (Wildman–Crippen MR) is 89.2 cm³/mol. The summed E-state index contributed by atoms with van der Waals surface area (Å²) in [6.45, 7) is 7.72. The van der Waals surface area contributed by atoms with E-state index in [4.69, 9.17) is 9.47 Å². The summed E-state index contributed by atoms with van der Waals surface area (Å²) in [4.78, 5) is 8.57. The van der Waals surface area contributed by atoms with Gasteiger partial charge in [-0.05, 0) is 11.5 Å². The lowest BCUT2D eigenvalue weighted by molar-refractivity contribution is 0.0205. The van der Waals surface area contributed by atoms with Crippen LogP contribution >= 0.6 is 0 Å². The third kappa shape index (κ3) is 5.89. The average Bonchev–Trinajstić information content (AvgIpc) is 2.49. The molecular weight excluding hydrogens is 280 g/mol. The van der Waals surface area contributed by atoms with Crippen LogP contribution in [0.1, 0.15) is 26.5 Å². The molecule has 0 aromatic carbocycles. The molecule has 0 bridgehead atoms. The fourth-order valence-electron chi connectivity index (χ4n) is 2.00. The molecule has 0 spiro atoms. The second-order valence-electron chi connectivity index (χ2n) is 6.07. The van der Waals surface area contributed by atoms with Gasteiger partial charge in [-0.1, -0.05) is 26.8 Å². The van der Waals surface area contributed by atoms with Gasteiger partial charge in [0.15, 0.2) is 5.96 Å². The SMILES string of the molecule is CN=C(NCc1cccc(OC)n1)NCC(OC)C(C)(C)C. The Kier molecular flexibility index (Phi) is 7.11. The van der Waals surface area contributed by atoms with Crippen molar-refractivity contribution in [3.05, 3.63) is 23.9 Å². The van der Waals surface area contributed by atoms with Gasteiger partial charge in [0.1, 0.15) is 0 Å². The van der Waals surface area contributed by atoms with Crippen molar-refractivity contribution in [3.63, 3.8) is 0 Å². The Morgan fingerprint density at radius 2 is 2.00 bits per heavy atom. The number of methoxy groups -OCH3 is 2. The normalized spacial score (nSPS) is 13.6. The topological polar surface area (TPSA) is 67.8 Å². The first-order chi connectivity index (χ1) is 10.4. The number of hydrogen-bond donors (Lipinski definition) is 2. The molecule has 1 atom stereocenters. The lowest BCUT2D eigenvalue weighted by atomic mass is 9.89. The van der Waals surface area contributed by atoms with Crippen LogP contribution in [0.4, 0.5) is 0 Å². The maximum absolute atomic E-state index is 5.53. The summed E-state index contributed by atoms with van der Waals surface area (Å²) < 4.78 is 10.6. The van der Waals surface area contributed by atoms with Crippen LogP contribution < -0.4 is 15.4 Å². The van der Waals surface area contributed by atoms with E-state index in [1.165, 1.54) is 0 Å². The summed E-state index contributed by atoms with van der Waals surface area (Å²) in [6, 6.07) is 5.68. The van der Waals surface area contributed by atoms with Gasteiger partial charge in [-0.2, -0.15) is 0 Å². The number of ether oxygens (including phenoxy) is 2. The fraction of sp³-hybridized carbons (Fsp3) is 0.625. The monoisotopic (exact) mass is 308 g/mol. The Balaban J connectivity index is 2.52. The minimum atomic E-state index is 0.0644. The second kappa shape index (κ2) is 8.58. The van der Waals surface area contributed by atoms with Gasteiger partial charge in [0, 0.05) is 26.8 Å². The van der Waals surface area contributed by atoms with Gasteiger partial charge in [-0.25, -0.2) is 4.98 Å². The van der Waals surface area contributed by atoms with Crippen LogP contribution in [0.25, 0.3) is 0 Å². The third-order valence-electron chi connectivity index (χ3n) is 3.36. The quantitative estimate of drug-likeness (QED) is 0.620. The van der Waals surface area contributed by atoms with Crippen LogP contribution in [-0.2, 0) is 11.3 Å². The van der Waals surface area contributed by atoms with E-state index < -0.39 is 0 Å². The summed E-state index contributed by atoms with van der Waals surface area (Å²) in [5, 5.41) is 6.51. The number of nitrogens with zero attached hydrogens (tertiary/aromatic N) is 2. The number of rotatable bonds is 6. The smallest absolute Gasteiger partial charge is 0.213 e. The minimum absolute atomic E-state index is 0.0644.